The quantitative estimate of drug-likeness (QED) is 0.742. The van der Waals surface area contributed by atoms with E-state index in [1.165, 1.54) is 13.0 Å². The molecule has 1 unspecified atom stereocenters. The van der Waals surface area contributed by atoms with E-state index in [-0.39, 0.29) is 0 Å². The first-order valence-corrected chi connectivity index (χ1v) is 5.99. The lowest BCUT2D eigenvalue weighted by Gasteiger charge is -2.24. The number of hydrogen-bond acceptors (Lipinski definition) is 3. The second-order valence-corrected chi connectivity index (χ2v) is 4.45. The van der Waals surface area contributed by atoms with Crippen molar-refractivity contribution in [1.82, 2.24) is 10.2 Å². The van der Waals surface area contributed by atoms with Crippen LogP contribution in [0, 0.1) is 0 Å². The smallest absolute Gasteiger partial charge is 0.207 e. The minimum absolute atomic E-state index is 0.404. The van der Waals surface area contributed by atoms with Crippen molar-refractivity contribution in [3.05, 3.63) is 0 Å². The van der Waals surface area contributed by atoms with Crippen LogP contribution in [0.4, 0.5) is 0 Å². The lowest BCUT2D eigenvalue weighted by Crippen LogP contribution is -2.33. The molecular weight excluding hydrogens is 204 g/mol. The van der Waals surface area contributed by atoms with Crippen LogP contribution < -0.4 is 5.32 Å². The van der Waals surface area contributed by atoms with Gasteiger partial charge in [-0.05, 0) is 39.7 Å². The number of carbonyl (C=O) groups is 1. The van der Waals surface area contributed by atoms with Crippen LogP contribution in [0.15, 0.2) is 0 Å². The van der Waals surface area contributed by atoms with Gasteiger partial charge in [-0.2, -0.15) is 0 Å². The minimum Gasteiger partial charge on any atom is -0.388 e. The first-order valence-electron chi connectivity index (χ1n) is 5.99. The third-order valence-electron chi connectivity index (χ3n) is 2.80. The molecule has 4 heteroatoms. The molecule has 1 rings (SSSR count). The van der Waals surface area contributed by atoms with Crippen LogP contribution in [0.25, 0.3) is 0 Å². The fourth-order valence-corrected chi connectivity index (χ4v) is 1.90. The Morgan fingerprint density at radius 1 is 1.31 bits per heavy atom. The van der Waals surface area contributed by atoms with Gasteiger partial charge in [0.2, 0.25) is 6.41 Å². The van der Waals surface area contributed by atoms with Gasteiger partial charge in [-0.25, -0.2) is 0 Å². The summed E-state index contributed by atoms with van der Waals surface area (Å²) in [6.45, 7) is 6.75. The van der Waals surface area contributed by atoms with Crippen LogP contribution >= 0.6 is 0 Å². The van der Waals surface area contributed by atoms with Crippen molar-refractivity contribution in [2.45, 2.75) is 45.2 Å². The van der Waals surface area contributed by atoms with E-state index in [0.29, 0.717) is 12.1 Å². The van der Waals surface area contributed by atoms with Crippen LogP contribution in [0.1, 0.15) is 33.1 Å². The fraction of sp³-hybridized carbons (Fsp3) is 0.917. The van der Waals surface area contributed by atoms with Gasteiger partial charge >= 0.3 is 0 Å². The Hall–Kier alpha value is -0.610. The molecule has 1 N–H and O–H groups in total. The maximum Gasteiger partial charge on any atom is 0.207 e. The standard InChI is InChI=1S/C10H20N2O.C2H6O/c1-9(2)12-6-3-4-10(5-7-12)11-8-13;1-3-2/h8-10H,3-7H2,1-2H3,(H,11,13);1-2H3. The molecule has 1 aliphatic heterocycles. The second-order valence-electron chi connectivity index (χ2n) is 4.45. The number of rotatable bonds is 3. The van der Waals surface area contributed by atoms with Gasteiger partial charge in [0.05, 0.1) is 0 Å². The molecule has 4 nitrogen and oxygen atoms in total. The molecule has 1 heterocycles. The van der Waals surface area contributed by atoms with Crippen LogP contribution in [0.5, 0.6) is 0 Å². The first kappa shape index (κ1) is 15.4. The third-order valence-corrected chi connectivity index (χ3v) is 2.80. The molecule has 0 aromatic carbocycles. The molecule has 16 heavy (non-hydrogen) atoms. The molecule has 0 saturated carbocycles. The molecule has 1 amide bonds. The van der Waals surface area contributed by atoms with Gasteiger partial charge in [0, 0.05) is 32.8 Å². The molecule has 0 bridgehead atoms. The Kier molecular flexibility index (Phi) is 9.24. The van der Waals surface area contributed by atoms with E-state index >= 15 is 0 Å². The zero-order chi connectivity index (χ0) is 12.4. The zero-order valence-electron chi connectivity index (χ0n) is 11.0. The average molecular weight is 230 g/mol. The molecule has 1 saturated heterocycles. The SMILES string of the molecule is CC(C)N1CCCC(NC=O)CC1.COC. The number of nitrogens with one attached hydrogen (secondary N) is 1. The summed E-state index contributed by atoms with van der Waals surface area (Å²) in [5, 5.41) is 2.88. The van der Waals surface area contributed by atoms with Crippen LogP contribution in [-0.4, -0.2) is 50.7 Å². The lowest BCUT2D eigenvalue weighted by atomic mass is 10.1. The minimum atomic E-state index is 0.404. The Balaban J connectivity index is 0.000000673. The van der Waals surface area contributed by atoms with E-state index in [9.17, 15) is 4.79 Å². The maximum absolute atomic E-state index is 10.3. The summed E-state index contributed by atoms with van der Waals surface area (Å²) in [5.74, 6) is 0. The van der Waals surface area contributed by atoms with E-state index in [1.54, 1.807) is 14.2 Å². The summed E-state index contributed by atoms with van der Waals surface area (Å²) >= 11 is 0. The van der Waals surface area contributed by atoms with Crippen LogP contribution in [0.3, 0.4) is 0 Å². The Morgan fingerprint density at radius 2 is 1.94 bits per heavy atom. The van der Waals surface area contributed by atoms with E-state index in [4.69, 9.17) is 0 Å². The largest absolute Gasteiger partial charge is 0.388 e. The number of nitrogens with zero attached hydrogens (tertiary/aromatic N) is 1. The van der Waals surface area contributed by atoms with Crippen molar-refractivity contribution >= 4 is 6.41 Å². The number of carbonyl (C=O) groups excluding carboxylic acids is 1. The van der Waals surface area contributed by atoms with Crippen molar-refractivity contribution in [3.63, 3.8) is 0 Å². The number of methoxy groups -OCH3 is 1. The van der Waals surface area contributed by atoms with Gasteiger partial charge in [0.25, 0.3) is 0 Å². The highest BCUT2D eigenvalue weighted by atomic mass is 16.4. The molecular formula is C12H26N2O2. The van der Waals surface area contributed by atoms with E-state index in [2.05, 4.69) is 28.8 Å². The fourth-order valence-electron chi connectivity index (χ4n) is 1.90. The molecule has 1 fully saturated rings. The number of hydrogen-bond donors (Lipinski definition) is 1. The van der Waals surface area contributed by atoms with Crippen molar-refractivity contribution in [2.75, 3.05) is 27.3 Å². The van der Waals surface area contributed by atoms with E-state index in [1.807, 2.05) is 0 Å². The molecule has 1 aliphatic rings. The Morgan fingerprint density at radius 3 is 2.44 bits per heavy atom. The van der Waals surface area contributed by atoms with E-state index in [0.717, 1.165) is 25.8 Å². The van der Waals surface area contributed by atoms with Crippen molar-refractivity contribution in [2.24, 2.45) is 0 Å². The molecule has 0 aromatic heterocycles. The molecule has 0 aliphatic carbocycles. The summed E-state index contributed by atoms with van der Waals surface area (Å²) in [6.07, 6.45) is 4.25. The first-order chi connectivity index (χ1) is 7.65. The second kappa shape index (κ2) is 9.60. The highest BCUT2D eigenvalue weighted by Gasteiger charge is 2.17. The number of amides is 1. The maximum atomic E-state index is 10.3. The summed E-state index contributed by atoms with van der Waals surface area (Å²) in [4.78, 5) is 12.8. The van der Waals surface area contributed by atoms with Gasteiger partial charge in [-0.3, -0.25) is 4.79 Å². The van der Waals surface area contributed by atoms with Crippen LogP contribution in [0.2, 0.25) is 0 Å². The highest BCUT2D eigenvalue weighted by molar-refractivity contribution is 5.46. The van der Waals surface area contributed by atoms with Gasteiger partial charge in [0.15, 0.2) is 0 Å². The van der Waals surface area contributed by atoms with Crippen LogP contribution in [-0.2, 0) is 9.53 Å². The summed E-state index contributed by atoms with van der Waals surface area (Å²) < 4.78 is 4.25. The predicted molar refractivity (Wildman–Crippen MR) is 66.5 cm³/mol. The average Bonchev–Trinajstić information content (AvgIpc) is 2.45. The monoisotopic (exact) mass is 230 g/mol. The van der Waals surface area contributed by atoms with Crippen molar-refractivity contribution < 1.29 is 9.53 Å². The third kappa shape index (κ3) is 6.80. The zero-order valence-corrected chi connectivity index (χ0v) is 11.0. The molecule has 0 spiro atoms. The van der Waals surface area contributed by atoms with E-state index < -0.39 is 0 Å². The normalized spacial score (nSPS) is 21.9. The van der Waals surface area contributed by atoms with Crippen molar-refractivity contribution in [1.29, 1.82) is 0 Å². The molecule has 0 radical (unpaired) electrons. The van der Waals surface area contributed by atoms with Crippen molar-refractivity contribution in [3.8, 4) is 0 Å². The van der Waals surface area contributed by atoms with Gasteiger partial charge in [-0.1, -0.05) is 0 Å². The summed E-state index contributed by atoms with van der Waals surface area (Å²) in [5.41, 5.74) is 0. The lowest BCUT2D eigenvalue weighted by molar-refractivity contribution is -0.110. The molecule has 96 valence electrons. The summed E-state index contributed by atoms with van der Waals surface area (Å²) in [7, 11) is 3.25. The number of likely N-dealkylation sites (tertiary alicyclic amines) is 1. The van der Waals surface area contributed by atoms with Gasteiger partial charge in [0.1, 0.15) is 0 Å². The highest BCUT2D eigenvalue weighted by Crippen LogP contribution is 2.12. The van der Waals surface area contributed by atoms with Gasteiger partial charge in [-0.15, -0.1) is 0 Å². The number of ether oxygens (including phenoxy) is 1. The Bertz CT molecular complexity index is 174. The Labute approximate surface area is 99.3 Å². The summed E-state index contributed by atoms with van der Waals surface area (Å²) in [6, 6.07) is 1.04. The topological polar surface area (TPSA) is 41.6 Å². The van der Waals surface area contributed by atoms with Gasteiger partial charge < -0.3 is 15.0 Å². The molecule has 0 aromatic rings. The predicted octanol–water partition coefficient (Wildman–Crippen LogP) is 1.26. The molecule has 1 atom stereocenters.